The average Bonchev–Trinajstić information content (AvgIpc) is 2.96. The van der Waals surface area contributed by atoms with Crippen molar-refractivity contribution in [1.82, 2.24) is 10.3 Å². The lowest BCUT2D eigenvalue weighted by Gasteiger charge is -2.25. The molecule has 5 heteroatoms. The van der Waals surface area contributed by atoms with Crippen LogP contribution in [0.5, 0.6) is 0 Å². The fourth-order valence-corrected chi connectivity index (χ4v) is 2.82. The molecule has 2 N–H and O–H groups in total. The third kappa shape index (κ3) is 3.23. The minimum absolute atomic E-state index is 0.125. The normalized spacial score (nSPS) is 16.3. The first-order valence-corrected chi connectivity index (χ1v) is 7.21. The molecule has 2 aromatic heterocycles. The Labute approximate surface area is 117 Å². The lowest BCUT2D eigenvalue weighted by atomic mass is 9.96. The maximum atomic E-state index is 10.6. The summed E-state index contributed by atoms with van der Waals surface area (Å²) < 4.78 is 5.48. The summed E-state index contributed by atoms with van der Waals surface area (Å²) in [5, 5.41) is 16.9. The van der Waals surface area contributed by atoms with E-state index in [0.29, 0.717) is 6.54 Å². The number of aliphatic hydroxyl groups is 1. The van der Waals surface area contributed by atoms with Crippen molar-refractivity contribution >= 4 is 11.3 Å². The van der Waals surface area contributed by atoms with E-state index in [4.69, 9.17) is 4.42 Å². The number of aromatic nitrogens is 1. The van der Waals surface area contributed by atoms with Crippen LogP contribution in [0.3, 0.4) is 0 Å². The topological polar surface area (TPSA) is 58.3 Å². The number of hydrogen-bond donors (Lipinski definition) is 2. The van der Waals surface area contributed by atoms with E-state index in [0.717, 1.165) is 22.1 Å². The SMILES string of the molecule is Cc1cc(C(C)(O)CNC(C)c2nccs2)c(C)o1. The number of aryl methyl sites for hydroxylation is 2. The smallest absolute Gasteiger partial charge is 0.109 e. The molecule has 0 aliphatic heterocycles. The minimum atomic E-state index is -0.951. The second kappa shape index (κ2) is 5.45. The fraction of sp³-hybridized carbons (Fsp3) is 0.500. The van der Waals surface area contributed by atoms with Gasteiger partial charge in [-0.3, -0.25) is 0 Å². The van der Waals surface area contributed by atoms with E-state index in [-0.39, 0.29) is 6.04 Å². The predicted octanol–water partition coefficient (Wildman–Crippen LogP) is 2.91. The quantitative estimate of drug-likeness (QED) is 0.884. The first-order chi connectivity index (χ1) is 8.90. The van der Waals surface area contributed by atoms with Crippen molar-refractivity contribution < 1.29 is 9.52 Å². The number of furan rings is 1. The van der Waals surface area contributed by atoms with Gasteiger partial charge >= 0.3 is 0 Å². The summed E-state index contributed by atoms with van der Waals surface area (Å²) >= 11 is 1.61. The second-order valence-electron chi connectivity index (χ2n) is 5.07. The highest BCUT2D eigenvalue weighted by molar-refractivity contribution is 7.09. The molecule has 0 amide bonds. The Kier molecular flexibility index (Phi) is 4.08. The van der Waals surface area contributed by atoms with Crippen LogP contribution in [0.25, 0.3) is 0 Å². The molecule has 0 spiro atoms. The third-order valence-corrected chi connectivity index (χ3v) is 4.15. The third-order valence-electron chi connectivity index (χ3n) is 3.20. The van der Waals surface area contributed by atoms with Crippen molar-refractivity contribution in [1.29, 1.82) is 0 Å². The molecule has 0 saturated heterocycles. The van der Waals surface area contributed by atoms with Crippen LogP contribution in [0.15, 0.2) is 22.1 Å². The van der Waals surface area contributed by atoms with Gasteiger partial charge in [-0.15, -0.1) is 11.3 Å². The molecular weight excluding hydrogens is 260 g/mol. The highest BCUT2D eigenvalue weighted by Crippen LogP contribution is 2.27. The van der Waals surface area contributed by atoms with Gasteiger partial charge in [-0.25, -0.2) is 4.98 Å². The average molecular weight is 280 g/mol. The zero-order valence-corrected chi connectivity index (χ0v) is 12.5. The zero-order chi connectivity index (χ0) is 14.0. The molecule has 4 nitrogen and oxygen atoms in total. The van der Waals surface area contributed by atoms with Crippen LogP contribution in [0.2, 0.25) is 0 Å². The van der Waals surface area contributed by atoms with Gasteiger partial charge in [0, 0.05) is 23.7 Å². The monoisotopic (exact) mass is 280 g/mol. The van der Waals surface area contributed by atoms with Crippen molar-refractivity contribution in [3.63, 3.8) is 0 Å². The van der Waals surface area contributed by atoms with Crippen molar-refractivity contribution in [3.05, 3.63) is 39.7 Å². The van der Waals surface area contributed by atoms with E-state index < -0.39 is 5.60 Å². The summed E-state index contributed by atoms with van der Waals surface area (Å²) in [4.78, 5) is 4.27. The maximum absolute atomic E-state index is 10.6. The number of thiazole rings is 1. The van der Waals surface area contributed by atoms with E-state index >= 15 is 0 Å². The molecule has 104 valence electrons. The van der Waals surface area contributed by atoms with Gasteiger partial charge in [0.25, 0.3) is 0 Å². The van der Waals surface area contributed by atoms with Gasteiger partial charge in [-0.2, -0.15) is 0 Å². The number of nitrogens with zero attached hydrogens (tertiary/aromatic N) is 1. The summed E-state index contributed by atoms with van der Waals surface area (Å²) in [6, 6.07) is 2.02. The summed E-state index contributed by atoms with van der Waals surface area (Å²) in [6.07, 6.45) is 1.79. The van der Waals surface area contributed by atoms with Gasteiger partial charge in [-0.05, 0) is 33.8 Å². The lowest BCUT2D eigenvalue weighted by Crippen LogP contribution is -2.36. The molecular formula is C14H20N2O2S. The standard InChI is InChI=1S/C14H20N2O2S/c1-9-7-12(11(3)18-9)14(4,17)8-16-10(2)13-15-5-6-19-13/h5-7,10,16-17H,8H2,1-4H3. The molecule has 0 saturated carbocycles. The molecule has 2 aromatic rings. The van der Waals surface area contributed by atoms with E-state index in [1.54, 1.807) is 24.5 Å². The van der Waals surface area contributed by atoms with Crippen LogP contribution in [0.4, 0.5) is 0 Å². The van der Waals surface area contributed by atoms with E-state index in [9.17, 15) is 5.11 Å². The summed E-state index contributed by atoms with van der Waals surface area (Å²) in [5.74, 6) is 1.59. The molecule has 2 heterocycles. The van der Waals surface area contributed by atoms with Gasteiger partial charge < -0.3 is 14.8 Å². The number of hydrogen-bond acceptors (Lipinski definition) is 5. The van der Waals surface area contributed by atoms with E-state index in [1.165, 1.54) is 0 Å². The van der Waals surface area contributed by atoms with Crippen LogP contribution in [-0.4, -0.2) is 16.6 Å². The van der Waals surface area contributed by atoms with Crippen molar-refractivity contribution in [2.24, 2.45) is 0 Å². The molecule has 0 bridgehead atoms. The largest absolute Gasteiger partial charge is 0.466 e. The molecule has 0 aliphatic carbocycles. The van der Waals surface area contributed by atoms with E-state index in [1.807, 2.05) is 32.2 Å². The van der Waals surface area contributed by atoms with Crippen LogP contribution in [0.1, 0.15) is 42.0 Å². The minimum Gasteiger partial charge on any atom is -0.466 e. The Morgan fingerprint density at radius 3 is 2.79 bits per heavy atom. The highest BCUT2D eigenvalue weighted by atomic mass is 32.1. The summed E-state index contributed by atoms with van der Waals surface area (Å²) in [7, 11) is 0. The van der Waals surface area contributed by atoms with Crippen molar-refractivity contribution in [3.8, 4) is 0 Å². The first kappa shape index (κ1) is 14.2. The van der Waals surface area contributed by atoms with Crippen LogP contribution in [0, 0.1) is 13.8 Å². The van der Waals surface area contributed by atoms with Gasteiger partial charge in [0.1, 0.15) is 22.1 Å². The van der Waals surface area contributed by atoms with Crippen LogP contribution < -0.4 is 5.32 Å². The van der Waals surface area contributed by atoms with Gasteiger partial charge in [0.05, 0.1) is 6.04 Å². The molecule has 2 rings (SSSR count). The first-order valence-electron chi connectivity index (χ1n) is 6.33. The van der Waals surface area contributed by atoms with Gasteiger partial charge in [0.15, 0.2) is 0 Å². The van der Waals surface area contributed by atoms with Crippen LogP contribution >= 0.6 is 11.3 Å². The summed E-state index contributed by atoms with van der Waals surface area (Å²) in [6.45, 7) is 8.06. The van der Waals surface area contributed by atoms with Gasteiger partial charge in [0.2, 0.25) is 0 Å². The van der Waals surface area contributed by atoms with Crippen molar-refractivity contribution in [2.45, 2.75) is 39.3 Å². The molecule has 0 radical (unpaired) electrons. The Morgan fingerprint density at radius 2 is 2.26 bits per heavy atom. The fourth-order valence-electron chi connectivity index (χ4n) is 2.15. The molecule has 19 heavy (non-hydrogen) atoms. The lowest BCUT2D eigenvalue weighted by molar-refractivity contribution is 0.0529. The molecule has 2 atom stereocenters. The summed E-state index contributed by atoms with van der Waals surface area (Å²) in [5.41, 5.74) is -0.114. The molecule has 2 unspecified atom stereocenters. The Balaban J connectivity index is 2.03. The van der Waals surface area contributed by atoms with E-state index in [2.05, 4.69) is 10.3 Å². The maximum Gasteiger partial charge on any atom is 0.109 e. The number of rotatable bonds is 5. The highest BCUT2D eigenvalue weighted by Gasteiger charge is 2.28. The Hall–Kier alpha value is -1.17. The predicted molar refractivity (Wildman–Crippen MR) is 76.3 cm³/mol. The zero-order valence-electron chi connectivity index (χ0n) is 11.7. The number of nitrogens with one attached hydrogen (secondary N) is 1. The molecule has 0 fully saturated rings. The molecule has 0 aromatic carbocycles. The van der Waals surface area contributed by atoms with Gasteiger partial charge in [-0.1, -0.05) is 0 Å². The Morgan fingerprint density at radius 1 is 1.53 bits per heavy atom. The van der Waals surface area contributed by atoms with Crippen LogP contribution in [-0.2, 0) is 5.60 Å². The Bertz CT molecular complexity index is 532. The molecule has 0 aliphatic rings. The van der Waals surface area contributed by atoms with Crippen molar-refractivity contribution in [2.75, 3.05) is 6.54 Å². The second-order valence-corrected chi connectivity index (χ2v) is 6.00.